The molecule has 7 heteroatoms. The predicted octanol–water partition coefficient (Wildman–Crippen LogP) is 2.48. The maximum atomic E-state index is 12.0. The molecule has 0 radical (unpaired) electrons. The maximum Gasteiger partial charge on any atom is 0.405 e. The van der Waals surface area contributed by atoms with Crippen molar-refractivity contribution in [3.05, 3.63) is 35.4 Å². The highest BCUT2D eigenvalue weighted by Crippen LogP contribution is 2.19. The molecule has 1 aromatic carbocycles. The van der Waals surface area contributed by atoms with E-state index in [0.29, 0.717) is 5.75 Å². The number of alkyl halides is 3. The summed E-state index contributed by atoms with van der Waals surface area (Å²) in [6.07, 6.45) is -4.39. The molecule has 3 nitrogen and oxygen atoms in total. The van der Waals surface area contributed by atoms with Crippen molar-refractivity contribution >= 4 is 17.7 Å². The van der Waals surface area contributed by atoms with Crippen LogP contribution in [0.2, 0.25) is 0 Å². The molecule has 0 aliphatic rings. The smallest absolute Gasteiger partial charge is 0.392 e. The summed E-state index contributed by atoms with van der Waals surface area (Å²) in [5, 5.41) is 10.2. The number of carbonyl (C=O) groups excluding carboxylic acids is 1. The highest BCUT2D eigenvalue weighted by molar-refractivity contribution is 7.99. The van der Waals surface area contributed by atoms with Gasteiger partial charge in [0.25, 0.3) is 0 Å². The summed E-state index contributed by atoms with van der Waals surface area (Å²) >= 11 is 1.26. The summed E-state index contributed by atoms with van der Waals surface area (Å²) in [5.74, 6) is -0.105. The molecule has 0 aromatic heterocycles. The highest BCUT2D eigenvalue weighted by atomic mass is 32.2. The zero-order valence-electron chi connectivity index (χ0n) is 10.9. The van der Waals surface area contributed by atoms with Gasteiger partial charge in [-0.1, -0.05) is 24.3 Å². The van der Waals surface area contributed by atoms with E-state index in [1.165, 1.54) is 11.8 Å². The quantitative estimate of drug-likeness (QED) is 0.849. The molecule has 2 N–H and O–H groups in total. The van der Waals surface area contributed by atoms with Gasteiger partial charge in [-0.05, 0) is 18.1 Å². The number of rotatable bonds is 6. The van der Waals surface area contributed by atoms with Crippen molar-refractivity contribution in [2.24, 2.45) is 0 Å². The van der Waals surface area contributed by atoms with Gasteiger partial charge in [0.15, 0.2) is 0 Å². The lowest BCUT2D eigenvalue weighted by Gasteiger charge is -2.13. The van der Waals surface area contributed by atoms with Gasteiger partial charge in [-0.25, -0.2) is 0 Å². The summed E-state index contributed by atoms with van der Waals surface area (Å²) < 4.78 is 35.9. The number of nitrogens with one attached hydrogen (secondary N) is 1. The van der Waals surface area contributed by atoms with Crippen molar-refractivity contribution in [1.82, 2.24) is 5.32 Å². The Bertz CT molecular complexity index is 434. The SMILES string of the molecule is CC(SCc1ccc(CO)cc1)C(=O)NCC(F)(F)F. The van der Waals surface area contributed by atoms with Crippen LogP contribution >= 0.6 is 11.8 Å². The Morgan fingerprint density at radius 2 is 1.85 bits per heavy atom. The average Bonchev–Trinajstić information content (AvgIpc) is 2.41. The first-order valence-corrected chi connectivity index (χ1v) is 7.01. The Morgan fingerprint density at radius 3 is 2.35 bits per heavy atom. The zero-order valence-corrected chi connectivity index (χ0v) is 11.7. The third-order valence-corrected chi connectivity index (χ3v) is 3.75. The molecule has 0 heterocycles. The second-order valence-electron chi connectivity index (χ2n) is 4.26. The van der Waals surface area contributed by atoms with E-state index in [1.54, 1.807) is 19.1 Å². The number of aliphatic hydroxyl groups is 1. The second kappa shape index (κ2) is 7.54. The third-order valence-electron chi connectivity index (χ3n) is 2.54. The van der Waals surface area contributed by atoms with E-state index in [9.17, 15) is 18.0 Å². The first-order valence-electron chi connectivity index (χ1n) is 5.96. The monoisotopic (exact) mass is 307 g/mol. The van der Waals surface area contributed by atoms with Gasteiger partial charge in [0.05, 0.1) is 11.9 Å². The van der Waals surface area contributed by atoms with Gasteiger partial charge >= 0.3 is 6.18 Å². The third kappa shape index (κ3) is 6.29. The second-order valence-corrected chi connectivity index (χ2v) is 5.59. The lowest BCUT2D eigenvalue weighted by molar-refractivity contribution is -0.137. The van der Waals surface area contributed by atoms with Crippen molar-refractivity contribution < 1.29 is 23.1 Å². The molecule has 0 spiro atoms. The van der Waals surface area contributed by atoms with Crippen molar-refractivity contribution in [2.75, 3.05) is 6.54 Å². The minimum absolute atomic E-state index is 0.0380. The van der Waals surface area contributed by atoms with Crippen LogP contribution in [0.15, 0.2) is 24.3 Å². The van der Waals surface area contributed by atoms with E-state index in [2.05, 4.69) is 0 Å². The van der Waals surface area contributed by atoms with Gasteiger partial charge in [-0.3, -0.25) is 4.79 Å². The number of aliphatic hydroxyl groups excluding tert-OH is 1. The molecule has 1 amide bonds. The minimum Gasteiger partial charge on any atom is -0.392 e. The van der Waals surface area contributed by atoms with Crippen LogP contribution in [0.1, 0.15) is 18.1 Å². The Labute approximate surface area is 119 Å². The Morgan fingerprint density at radius 1 is 1.30 bits per heavy atom. The van der Waals surface area contributed by atoms with Gasteiger partial charge in [0.1, 0.15) is 6.54 Å². The number of thioether (sulfide) groups is 1. The maximum absolute atomic E-state index is 12.0. The van der Waals surface area contributed by atoms with Crippen LogP contribution in [0, 0.1) is 0 Å². The fraction of sp³-hybridized carbons (Fsp3) is 0.462. The van der Waals surface area contributed by atoms with Gasteiger partial charge in [-0.15, -0.1) is 11.8 Å². The molecule has 1 atom stereocenters. The van der Waals surface area contributed by atoms with Crippen LogP contribution in [-0.4, -0.2) is 29.0 Å². The number of hydrogen-bond acceptors (Lipinski definition) is 3. The lowest BCUT2D eigenvalue weighted by Crippen LogP contribution is -2.38. The lowest BCUT2D eigenvalue weighted by atomic mass is 10.2. The molecule has 1 aromatic rings. The molecule has 0 saturated carbocycles. The molecular formula is C13H16F3NO2S. The molecule has 0 fully saturated rings. The van der Waals surface area contributed by atoms with Gasteiger partial charge in [-0.2, -0.15) is 13.2 Å². The fourth-order valence-corrected chi connectivity index (χ4v) is 2.24. The molecule has 112 valence electrons. The van der Waals surface area contributed by atoms with E-state index in [0.717, 1.165) is 11.1 Å². The van der Waals surface area contributed by atoms with Gasteiger partial charge in [0.2, 0.25) is 5.91 Å². The number of benzene rings is 1. The first kappa shape index (κ1) is 16.8. The van der Waals surface area contributed by atoms with Crippen LogP contribution in [-0.2, 0) is 17.2 Å². The molecule has 1 unspecified atom stereocenters. The molecule has 0 aliphatic carbocycles. The Kier molecular flexibility index (Phi) is 6.35. The average molecular weight is 307 g/mol. The summed E-state index contributed by atoms with van der Waals surface area (Å²) in [6, 6.07) is 7.17. The normalized spacial score (nSPS) is 13.1. The van der Waals surface area contributed by atoms with E-state index >= 15 is 0 Å². The van der Waals surface area contributed by atoms with Gasteiger partial charge < -0.3 is 10.4 Å². The van der Waals surface area contributed by atoms with Crippen molar-refractivity contribution in [1.29, 1.82) is 0 Å². The summed E-state index contributed by atoms with van der Waals surface area (Å²) in [4.78, 5) is 11.4. The molecule has 0 bridgehead atoms. The van der Waals surface area contributed by atoms with Crippen LogP contribution in [0.4, 0.5) is 13.2 Å². The van der Waals surface area contributed by atoms with E-state index < -0.39 is 23.9 Å². The van der Waals surface area contributed by atoms with Crippen LogP contribution in [0.25, 0.3) is 0 Å². The van der Waals surface area contributed by atoms with E-state index in [-0.39, 0.29) is 6.61 Å². The standard InChI is InChI=1S/C13H16F3NO2S/c1-9(12(19)17-8-13(14,15)16)20-7-11-4-2-10(6-18)3-5-11/h2-5,9,18H,6-8H2,1H3,(H,17,19). The van der Waals surface area contributed by atoms with Crippen molar-refractivity contribution in [2.45, 2.75) is 30.7 Å². The zero-order chi connectivity index (χ0) is 15.2. The summed E-state index contributed by atoms with van der Waals surface area (Å²) in [6.45, 7) is 0.226. The summed E-state index contributed by atoms with van der Waals surface area (Å²) in [7, 11) is 0. The number of hydrogen-bond donors (Lipinski definition) is 2. The molecule has 0 saturated heterocycles. The predicted molar refractivity (Wildman–Crippen MR) is 72.2 cm³/mol. The van der Waals surface area contributed by atoms with E-state index in [1.807, 2.05) is 17.4 Å². The number of carbonyl (C=O) groups is 1. The van der Waals surface area contributed by atoms with Crippen molar-refractivity contribution in [3.63, 3.8) is 0 Å². The topological polar surface area (TPSA) is 49.3 Å². The summed E-state index contributed by atoms with van der Waals surface area (Å²) in [5.41, 5.74) is 1.73. The molecule has 1 rings (SSSR count). The van der Waals surface area contributed by atoms with Crippen LogP contribution in [0.5, 0.6) is 0 Å². The molecular weight excluding hydrogens is 291 g/mol. The first-order chi connectivity index (χ1) is 9.31. The fourth-order valence-electron chi connectivity index (χ4n) is 1.37. The van der Waals surface area contributed by atoms with Crippen molar-refractivity contribution in [3.8, 4) is 0 Å². The van der Waals surface area contributed by atoms with Crippen LogP contribution < -0.4 is 5.32 Å². The van der Waals surface area contributed by atoms with Gasteiger partial charge in [0, 0.05) is 5.75 Å². The Balaban J connectivity index is 2.38. The largest absolute Gasteiger partial charge is 0.405 e. The van der Waals surface area contributed by atoms with E-state index in [4.69, 9.17) is 5.11 Å². The Hall–Kier alpha value is -1.21. The van der Waals surface area contributed by atoms with Crippen LogP contribution in [0.3, 0.4) is 0 Å². The minimum atomic E-state index is -4.39. The molecule has 20 heavy (non-hydrogen) atoms. The molecule has 0 aliphatic heterocycles. The number of amides is 1. The highest BCUT2D eigenvalue weighted by Gasteiger charge is 2.28. The number of halogens is 3.